The third-order valence-corrected chi connectivity index (χ3v) is 4.67. The summed E-state index contributed by atoms with van der Waals surface area (Å²) in [5.74, 6) is 1.10. The van der Waals surface area contributed by atoms with Crippen molar-refractivity contribution in [2.24, 2.45) is 17.6 Å². The van der Waals surface area contributed by atoms with Crippen molar-refractivity contribution < 1.29 is 9.53 Å². The van der Waals surface area contributed by atoms with Gasteiger partial charge in [0.25, 0.3) is 0 Å². The summed E-state index contributed by atoms with van der Waals surface area (Å²) in [6.07, 6.45) is 1.91. The largest absolute Gasteiger partial charge is 0.465 e. The summed E-state index contributed by atoms with van der Waals surface area (Å²) in [7, 11) is 0. The second-order valence-corrected chi connectivity index (χ2v) is 6.95. The van der Waals surface area contributed by atoms with Crippen LogP contribution < -0.4 is 5.73 Å². The monoisotopic (exact) mass is 284 g/mol. The van der Waals surface area contributed by atoms with E-state index in [1.54, 1.807) is 6.92 Å². The number of carbonyl (C=O) groups is 1. The van der Waals surface area contributed by atoms with Crippen LogP contribution >= 0.6 is 0 Å². The van der Waals surface area contributed by atoms with E-state index in [1.165, 1.54) is 6.42 Å². The second-order valence-electron chi connectivity index (χ2n) is 6.95. The zero-order valence-electron chi connectivity index (χ0n) is 14.0. The Balaban J connectivity index is 2.69. The SMILES string of the molecule is CCOC(=O)C(C)(N)CC(C)N1CC(C)CC(C)C1C. The molecule has 5 atom stereocenters. The number of esters is 1. The molecule has 1 aliphatic rings. The van der Waals surface area contributed by atoms with Gasteiger partial charge in [0, 0.05) is 18.6 Å². The molecule has 0 aromatic rings. The first-order valence-corrected chi connectivity index (χ1v) is 7.90. The normalized spacial score (nSPS) is 32.5. The molecule has 0 radical (unpaired) electrons. The maximum absolute atomic E-state index is 11.9. The van der Waals surface area contributed by atoms with E-state index < -0.39 is 5.54 Å². The van der Waals surface area contributed by atoms with E-state index in [2.05, 4.69) is 32.6 Å². The molecule has 0 aromatic carbocycles. The molecule has 0 amide bonds. The minimum Gasteiger partial charge on any atom is -0.465 e. The van der Waals surface area contributed by atoms with Crippen LogP contribution in [0.2, 0.25) is 0 Å². The predicted octanol–water partition coefficient (Wildman–Crippen LogP) is 2.41. The molecule has 0 spiro atoms. The fourth-order valence-electron chi connectivity index (χ4n) is 3.45. The molecule has 5 unspecified atom stereocenters. The number of hydrogen-bond acceptors (Lipinski definition) is 4. The lowest BCUT2D eigenvalue weighted by Crippen LogP contribution is -2.55. The van der Waals surface area contributed by atoms with Crippen LogP contribution in [0.4, 0.5) is 0 Å². The van der Waals surface area contributed by atoms with Crippen LogP contribution in [0.5, 0.6) is 0 Å². The molecule has 0 aromatic heterocycles. The molecule has 1 heterocycles. The van der Waals surface area contributed by atoms with Crippen molar-refractivity contribution in [3.05, 3.63) is 0 Å². The van der Waals surface area contributed by atoms with Crippen LogP contribution in [0.3, 0.4) is 0 Å². The van der Waals surface area contributed by atoms with Crippen molar-refractivity contribution in [3.8, 4) is 0 Å². The van der Waals surface area contributed by atoms with Gasteiger partial charge in [-0.2, -0.15) is 0 Å². The van der Waals surface area contributed by atoms with Crippen LogP contribution in [0.1, 0.15) is 54.4 Å². The Labute approximate surface area is 124 Å². The summed E-state index contributed by atoms with van der Waals surface area (Å²) in [4.78, 5) is 14.4. The standard InChI is InChI=1S/C16H32N2O2/c1-7-20-15(19)16(6,17)9-13(4)18-10-11(2)8-12(3)14(18)5/h11-14H,7-10,17H2,1-6H3. The van der Waals surface area contributed by atoms with Crippen molar-refractivity contribution in [2.45, 2.75) is 72.0 Å². The molecule has 1 rings (SSSR count). The molecule has 1 saturated heterocycles. The Morgan fingerprint density at radius 2 is 2.05 bits per heavy atom. The van der Waals surface area contributed by atoms with Crippen molar-refractivity contribution in [1.29, 1.82) is 0 Å². The van der Waals surface area contributed by atoms with Gasteiger partial charge in [0.05, 0.1) is 6.61 Å². The number of hydrogen-bond donors (Lipinski definition) is 1. The number of piperidine rings is 1. The van der Waals surface area contributed by atoms with Crippen LogP contribution in [0, 0.1) is 11.8 Å². The van der Waals surface area contributed by atoms with Crippen LogP contribution in [-0.4, -0.2) is 41.6 Å². The average molecular weight is 284 g/mol. The maximum Gasteiger partial charge on any atom is 0.325 e. The number of nitrogens with zero attached hydrogens (tertiary/aromatic N) is 1. The van der Waals surface area contributed by atoms with E-state index in [0.717, 1.165) is 6.54 Å². The van der Waals surface area contributed by atoms with Crippen LogP contribution in [-0.2, 0) is 9.53 Å². The van der Waals surface area contributed by atoms with Crippen LogP contribution in [0.15, 0.2) is 0 Å². The third-order valence-electron chi connectivity index (χ3n) is 4.67. The fraction of sp³-hybridized carbons (Fsp3) is 0.938. The molecular formula is C16H32N2O2. The van der Waals surface area contributed by atoms with E-state index in [1.807, 2.05) is 6.92 Å². The lowest BCUT2D eigenvalue weighted by atomic mass is 9.83. The molecular weight excluding hydrogens is 252 g/mol. The molecule has 118 valence electrons. The Morgan fingerprint density at radius 3 is 2.60 bits per heavy atom. The Kier molecular flexibility index (Phi) is 6.02. The fourth-order valence-corrected chi connectivity index (χ4v) is 3.45. The topological polar surface area (TPSA) is 55.6 Å². The van der Waals surface area contributed by atoms with Gasteiger partial charge < -0.3 is 10.5 Å². The molecule has 1 aliphatic heterocycles. The van der Waals surface area contributed by atoms with Gasteiger partial charge >= 0.3 is 5.97 Å². The molecule has 0 saturated carbocycles. The molecule has 20 heavy (non-hydrogen) atoms. The van der Waals surface area contributed by atoms with E-state index in [-0.39, 0.29) is 12.0 Å². The van der Waals surface area contributed by atoms with Crippen molar-refractivity contribution in [1.82, 2.24) is 4.90 Å². The van der Waals surface area contributed by atoms with Gasteiger partial charge in [-0.1, -0.05) is 13.8 Å². The quantitative estimate of drug-likeness (QED) is 0.788. The summed E-state index contributed by atoms with van der Waals surface area (Å²) < 4.78 is 5.08. The van der Waals surface area contributed by atoms with Crippen molar-refractivity contribution >= 4 is 5.97 Å². The van der Waals surface area contributed by atoms with E-state index in [4.69, 9.17) is 10.5 Å². The number of ether oxygens (including phenoxy) is 1. The minimum atomic E-state index is -0.904. The molecule has 0 bridgehead atoms. The smallest absolute Gasteiger partial charge is 0.325 e. The highest BCUT2D eigenvalue weighted by atomic mass is 16.5. The van der Waals surface area contributed by atoms with Crippen molar-refractivity contribution in [2.75, 3.05) is 13.2 Å². The summed E-state index contributed by atoms with van der Waals surface area (Å²) in [6.45, 7) is 14.1. The summed E-state index contributed by atoms with van der Waals surface area (Å²) in [5, 5.41) is 0. The zero-order valence-corrected chi connectivity index (χ0v) is 14.0. The molecule has 0 aliphatic carbocycles. The van der Waals surface area contributed by atoms with Gasteiger partial charge in [-0.25, -0.2) is 0 Å². The molecule has 4 nitrogen and oxygen atoms in total. The second kappa shape index (κ2) is 6.90. The summed E-state index contributed by atoms with van der Waals surface area (Å²) in [6, 6.07) is 0.828. The summed E-state index contributed by atoms with van der Waals surface area (Å²) >= 11 is 0. The minimum absolute atomic E-state index is 0.287. The molecule has 1 fully saturated rings. The zero-order chi connectivity index (χ0) is 15.5. The highest BCUT2D eigenvalue weighted by Gasteiger charge is 2.37. The van der Waals surface area contributed by atoms with Crippen LogP contribution in [0.25, 0.3) is 0 Å². The maximum atomic E-state index is 11.9. The van der Waals surface area contributed by atoms with Crippen molar-refractivity contribution in [3.63, 3.8) is 0 Å². The summed E-state index contributed by atoms with van der Waals surface area (Å²) in [5.41, 5.74) is 5.26. The third kappa shape index (κ3) is 4.19. The van der Waals surface area contributed by atoms with E-state index in [0.29, 0.717) is 30.9 Å². The van der Waals surface area contributed by atoms with Gasteiger partial charge in [0.2, 0.25) is 0 Å². The van der Waals surface area contributed by atoms with Gasteiger partial charge in [0.15, 0.2) is 0 Å². The number of likely N-dealkylation sites (tertiary alicyclic amines) is 1. The Hall–Kier alpha value is -0.610. The Morgan fingerprint density at radius 1 is 1.45 bits per heavy atom. The molecule has 2 N–H and O–H groups in total. The lowest BCUT2D eigenvalue weighted by molar-refractivity contribution is -0.150. The first kappa shape index (κ1) is 17.4. The highest BCUT2D eigenvalue weighted by molar-refractivity contribution is 5.80. The van der Waals surface area contributed by atoms with E-state index >= 15 is 0 Å². The average Bonchev–Trinajstić information content (AvgIpc) is 2.33. The lowest BCUT2D eigenvalue weighted by Gasteiger charge is -2.45. The number of rotatable bonds is 5. The highest BCUT2D eigenvalue weighted by Crippen LogP contribution is 2.30. The van der Waals surface area contributed by atoms with Gasteiger partial charge in [-0.05, 0) is 52.4 Å². The number of nitrogens with two attached hydrogens (primary N) is 1. The predicted molar refractivity (Wildman–Crippen MR) is 82.4 cm³/mol. The molecule has 4 heteroatoms. The Bertz CT molecular complexity index is 330. The van der Waals surface area contributed by atoms with Gasteiger partial charge in [0.1, 0.15) is 5.54 Å². The van der Waals surface area contributed by atoms with Gasteiger partial charge in [-0.3, -0.25) is 9.69 Å². The van der Waals surface area contributed by atoms with Gasteiger partial charge in [-0.15, -0.1) is 0 Å². The van der Waals surface area contributed by atoms with E-state index in [9.17, 15) is 4.79 Å². The number of carbonyl (C=O) groups excluding carboxylic acids is 1. The first-order chi connectivity index (χ1) is 9.19. The first-order valence-electron chi connectivity index (χ1n) is 7.90.